The smallest absolute Gasteiger partial charge is 0.276 e. The number of hydrogen-bond donors (Lipinski definition) is 0. The number of aromatic nitrogens is 1. The average Bonchev–Trinajstić information content (AvgIpc) is 3.30. The van der Waals surface area contributed by atoms with Crippen molar-refractivity contribution in [3.8, 4) is 11.5 Å². The maximum Gasteiger partial charge on any atom is 0.276 e. The van der Waals surface area contributed by atoms with Crippen LogP contribution in [-0.2, 0) is 10.0 Å². The van der Waals surface area contributed by atoms with Crippen LogP contribution in [-0.4, -0.2) is 54.7 Å². The number of thiophene rings is 1. The summed E-state index contributed by atoms with van der Waals surface area (Å²) in [6, 6.07) is 11.1. The van der Waals surface area contributed by atoms with E-state index in [1.807, 2.05) is 44.2 Å². The van der Waals surface area contributed by atoms with Gasteiger partial charge in [0.05, 0.1) is 4.90 Å². The summed E-state index contributed by atoms with van der Waals surface area (Å²) in [5.41, 5.74) is 1.08. The van der Waals surface area contributed by atoms with Gasteiger partial charge in [0.2, 0.25) is 15.9 Å². The zero-order valence-electron chi connectivity index (χ0n) is 17.1. The fraction of sp³-hybridized carbons (Fsp3) is 0.333. The molecular formula is C21H23N3O4S2. The van der Waals surface area contributed by atoms with Gasteiger partial charge < -0.3 is 9.32 Å². The Hall–Kier alpha value is -2.49. The fourth-order valence-electron chi connectivity index (χ4n) is 3.58. The second-order valence-corrected chi connectivity index (χ2v) is 10.6. The molecule has 30 heavy (non-hydrogen) atoms. The van der Waals surface area contributed by atoms with Gasteiger partial charge in [-0.1, -0.05) is 18.2 Å². The first-order chi connectivity index (χ1) is 14.3. The third-order valence-electron chi connectivity index (χ3n) is 5.16. The van der Waals surface area contributed by atoms with Crippen LogP contribution in [0.5, 0.6) is 0 Å². The number of amides is 1. The van der Waals surface area contributed by atoms with E-state index in [4.69, 9.17) is 4.42 Å². The number of hydrogen-bond acceptors (Lipinski definition) is 6. The van der Waals surface area contributed by atoms with Gasteiger partial charge >= 0.3 is 0 Å². The van der Waals surface area contributed by atoms with Crippen LogP contribution >= 0.6 is 11.3 Å². The van der Waals surface area contributed by atoms with E-state index in [0.717, 1.165) is 15.3 Å². The van der Waals surface area contributed by atoms with Gasteiger partial charge in [0.15, 0.2) is 5.69 Å². The van der Waals surface area contributed by atoms with Gasteiger partial charge in [-0.05, 0) is 39.0 Å². The quantitative estimate of drug-likeness (QED) is 0.614. The molecule has 0 N–H and O–H groups in total. The van der Waals surface area contributed by atoms with E-state index in [2.05, 4.69) is 4.98 Å². The number of carbonyl (C=O) groups is 1. The molecule has 3 heterocycles. The number of sulfonamides is 1. The van der Waals surface area contributed by atoms with Gasteiger partial charge in [-0.2, -0.15) is 4.31 Å². The minimum atomic E-state index is -3.55. The zero-order chi connectivity index (χ0) is 21.5. The van der Waals surface area contributed by atoms with Crippen LogP contribution in [0.3, 0.4) is 0 Å². The third kappa shape index (κ3) is 3.80. The van der Waals surface area contributed by atoms with Gasteiger partial charge in [0.1, 0.15) is 5.76 Å². The lowest BCUT2D eigenvalue weighted by atomic mass is 10.2. The second kappa shape index (κ2) is 7.98. The molecule has 0 atom stereocenters. The first-order valence-corrected chi connectivity index (χ1v) is 11.9. The third-order valence-corrected chi connectivity index (χ3v) is 8.28. The lowest BCUT2D eigenvalue weighted by Crippen LogP contribution is -2.50. The van der Waals surface area contributed by atoms with Crippen molar-refractivity contribution >= 4 is 27.3 Å². The van der Waals surface area contributed by atoms with E-state index in [-0.39, 0.29) is 24.7 Å². The van der Waals surface area contributed by atoms with Crippen LogP contribution < -0.4 is 0 Å². The molecule has 1 aliphatic rings. The molecule has 0 aliphatic carbocycles. The predicted molar refractivity (Wildman–Crippen MR) is 115 cm³/mol. The number of benzene rings is 1. The van der Waals surface area contributed by atoms with Crippen molar-refractivity contribution in [2.24, 2.45) is 0 Å². The Balaban J connectivity index is 1.48. The monoisotopic (exact) mass is 445 g/mol. The molecule has 0 spiro atoms. The molecule has 1 amide bonds. The highest BCUT2D eigenvalue weighted by molar-refractivity contribution is 7.89. The first kappa shape index (κ1) is 20.8. The molecule has 3 aromatic rings. The highest BCUT2D eigenvalue weighted by Crippen LogP contribution is 2.28. The number of oxazole rings is 1. The van der Waals surface area contributed by atoms with Gasteiger partial charge in [0.25, 0.3) is 5.91 Å². The molecule has 1 fully saturated rings. The van der Waals surface area contributed by atoms with Crippen LogP contribution in [0.4, 0.5) is 0 Å². The highest BCUT2D eigenvalue weighted by atomic mass is 32.2. The maximum atomic E-state index is 13.0. The van der Waals surface area contributed by atoms with Crippen molar-refractivity contribution in [1.82, 2.24) is 14.2 Å². The van der Waals surface area contributed by atoms with Crippen LogP contribution in [0.25, 0.3) is 11.5 Å². The molecule has 1 aliphatic heterocycles. The minimum absolute atomic E-state index is 0.238. The Morgan fingerprint density at radius 2 is 1.73 bits per heavy atom. The maximum absolute atomic E-state index is 13.0. The molecule has 9 heteroatoms. The number of nitrogens with zero attached hydrogens (tertiary/aromatic N) is 3. The number of aryl methyl sites for hydroxylation is 3. The Morgan fingerprint density at radius 1 is 1.07 bits per heavy atom. The molecule has 7 nitrogen and oxygen atoms in total. The van der Waals surface area contributed by atoms with Gasteiger partial charge in [-0.3, -0.25) is 4.79 Å². The average molecular weight is 446 g/mol. The summed E-state index contributed by atoms with van der Waals surface area (Å²) in [6.07, 6.45) is 0. The number of piperazine rings is 1. The molecule has 0 saturated carbocycles. The van der Waals surface area contributed by atoms with Crippen LogP contribution in [0.15, 0.2) is 45.7 Å². The summed E-state index contributed by atoms with van der Waals surface area (Å²) in [5.74, 6) is 0.622. The molecule has 4 rings (SSSR count). The molecular weight excluding hydrogens is 422 g/mol. The summed E-state index contributed by atoms with van der Waals surface area (Å²) >= 11 is 1.48. The van der Waals surface area contributed by atoms with Crippen molar-refractivity contribution in [2.45, 2.75) is 25.7 Å². The highest BCUT2D eigenvalue weighted by Gasteiger charge is 2.33. The SMILES string of the molecule is Cc1cc(S(=O)(=O)N2CCN(C(=O)c3nc(-c4ccccc4)oc3C)CC2)c(C)s1. The molecule has 2 aromatic heterocycles. The van der Waals surface area contributed by atoms with E-state index < -0.39 is 10.0 Å². The Kier molecular flexibility index (Phi) is 5.52. The van der Waals surface area contributed by atoms with Crippen LogP contribution in [0.2, 0.25) is 0 Å². The summed E-state index contributed by atoms with van der Waals surface area (Å²) in [5, 5.41) is 0. The van der Waals surface area contributed by atoms with Crippen LogP contribution in [0, 0.1) is 20.8 Å². The lowest BCUT2D eigenvalue weighted by Gasteiger charge is -2.33. The number of rotatable bonds is 4. The van der Waals surface area contributed by atoms with Crippen molar-refractivity contribution in [2.75, 3.05) is 26.2 Å². The summed E-state index contributed by atoms with van der Waals surface area (Å²) in [4.78, 5) is 21.1. The lowest BCUT2D eigenvalue weighted by molar-refractivity contribution is 0.0691. The predicted octanol–water partition coefficient (Wildman–Crippen LogP) is 3.48. The van der Waals surface area contributed by atoms with Gasteiger partial charge in [-0.25, -0.2) is 13.4 Å². The molecule has 0 bridgehead atoms. The van der Waals surface area contributed by atoms with Gasteiger partial charge in [-0.15, -0.1) is 11.3 Å². The van der Waals surface area contributed by atoms with Crippen LogP contribution in [0.1, 0.15) is 26.0 Å². The van der Waals surface area contributed by atoms with Gasteiger partial charge in [0, 0.05) is 41.5 Å². The molecule has 1 aromatic carbocycles. The van der Waals surface area contributed by atoms with Crippen molar-refractivity contribution < 1.29 is 17.6 Å². The molecule has 0 radical (unpaired) electrons. The molecule has 0 unspecified atom stereocenters. The Labute approximate surface area is 180 Å². The number of carbonyl (C=O) groups excluding carboxylic acids is 1. The normalized spacial score (nSPS) is 15.5. The summed E-state index contributed by atoms with van der Waals surface area (Å²) in [7, 11) is -3.55. The van der Waals surface area contributed by atoms with Crippen molar-refractivity contribution in [3.63, 3.8) is 0 Å². The summed E-state index contributed by atoms with van der Waals surface area (Å²) in [6.45, 7) is 6.57. The molecule has 1 saturated heterocycles. The van der Waals surface area contributed by atoms with Crippen molar-refractivity contribution in [1.29, 1.82) is 0 Å². The van der Waals surface area contributed by atoms with Crippen molar-refractivity contribution in [3.05, 3.63) is 57.6 Å². The molecule has 158 valence electrons. The summed E-state index contributed by atoms with van der Waals surface area (Å²) < 4.78 is 33.1. The van der Waals surface area contributed by atoms with E-state index in [1.54, 1.807) is 17.9 Å². The fourth-order valence-corrected chi connectivity index (χ4v) is 6.53. The Morgan fingerprint density at radius 3 is 2.33 bits per heavy atom. The Bertz CT molecular complexity index is 1170. The van der Waals surface area contributed by atoms with E-state index in [9.17, 15) is 13.2 Å². The largest absolute Gasteiger partial charge is 0.441 e. The standard InChI is InChI=1S/C21H23N3O4S2/c1-14-13-18(16(3)29-14)30(26,27)24-11-9-23(10-12-24)21(25)19-15(2)28-20(22-19)17-7-5-4-6-8-17/h4-8,13H,9-12H2,1-3H3. The first-order valence-electron chi connectivity index (χ1n) is 9.66. The topological polar surface area (TPSA) is 83.7 Å². The second-order valence-electron chi connectivity index (χ2n) is 7.26. The minimum Gasteiger partial charge on any atom is -0.441 e. The zero-order valence-corrected chi connectivity index (χ0v) is 18.7. The van der Waals surface area contributed by atoms with E-state index in [0.29, 0.717) is 29.6 Å². The van der Waals surface area contributed by atoms with E-state index in [1.165, 1.54) is 15.6 Å². The van der Waals surface area contributed by atoms with E-state index >= 15 is 0 Å².